The molecular formula is C16H21N5. The number of nitrogens with one attached hydrogen (secondary N) is 2. The fourth-order valence-electron chi connectivity index (χ4n) is 2.57. The molecule has 110 valence electrons. The van der Waals surface area contributed by atoms with Crippen LogP contribution in [-0.2, 0) is 0 Å². The van der Waals surface area contributed by atoms with Gasteiger partial charge in [0.1, 0.15) is 0 Å². The molecule has 1 aliphatic heterocycles. The molecule has 5 heteroatoms. The first-order valence-electron chi connectivity index (χ1n) is 7.43. The topological polar surface area (TPSA) is 53.1 Å². The van der Waals surface area contributed by atoms with Crippen LogP contribution in [-0.4, -0.2) is 36.4 Å². The van der Waals surface area contributed by atoms with Crippen LogP contribution < -0.4 is 15.5 Å². The SMILES string of the molecule is C[C@@H](Nc1cc(N2CCNCC2)cnn1)c1ccccc1. The number of nitrogens with zero attached hydrogens (tertiary/aromatic N) is 3. The average molecular weight is 283 g/mol. The Labute approximate surface area is 125 Å². The van der Waals surface area contributed by atoms with E-state index in [2.05, 4.69) is 63.0 Å². The molecule has 1 aromatic heterocycles. The number of hydrogen-bond acceptors (Lipinski definition) is 5. The van der Waals surface area contributed by atoms with E-state index in [1.54, 1.807) is 0 Å². The molecule has 0 amide bonds. The Kier molecular flexibility index (Phi) is 4.31. The van der Waals surface area contributed by atoms with Crippen molar-refractivity contribution in [2.75, 3.05) is 36.4 Å². The summed E-state index contributed by atoms with van der Waals surface area (Å²) in [6, 6.07) is 12.7. The summed E-state index contributed by atoms with van der Waals surface area (Å²) in [4.78, 5) is 2.34. The summed E-state index contributed by atoms with van der Waals surface area (Å²) in [7, 11) is 0. The summed E-state index contributed by atoms with van der Waals surface area (Å²) >= 11 is 0. The molecule has 2 heterocycles. The van der Waals surface area contributed by atoms with Gasteiger partial charge in [-0.25, -0.2) is 0 Å². The number of piperazine rings is 1. The molecule has 0 radical (unpaired) electrons. The third kappa shape index (κ3) is 3.49. The van der Waals surface area contributed by atoms with Gasteiger partial charge in [-0.05, 0) is 12.5 Å². The van der Waals surface area contributed by atoms with Crippen LogP contribution in [0.25, 0.3) is 0 Å². The Morgan fingerprint density at radius 1 is 1.19 bits per heavy atom. The molecule has 1 aromatic carbocycles. The summed E-state index contributed by atoms with van der Waals surface area (Å²) in [5.74, 6) is 0.822. The summed E-state index contributed by atoms with van der Waals surface area (Å²) < 4.78 is 0. The van der Waals surface area contributed by atoms with E-state index < -0.39 is 0 Å². The first-order valence-corrected chi connectivity index (χ1v) is 7.43. The largest absolute Gasteiger partial charge is 0.368 e. The van der Waals surface area contributed by atoms with Gasteiger partial charge in [0.25, 0.3) is 0 Å². The molecule has 0 bridgehead atoms. The van der Waals surface area contributed by atoms with E-state index in [4.69, 9.17) is 0 Å². The summed E-state index contributed by atoms with van der Waals surface area (Å²) in [5.41, 5.74) is 2.38. The average Bonchev–Trinajstić information content (AvgIpc) is 2.57. The lowest BCUT2D eigenvalue weighted by molar-refractivity contribution is 0.588. The van der Waals surface area contributed by atoms with Gasteiger partial charge >= 0.3 is 0 Å². The summed E-state index contributed by atoms with van der Waals surface area (Å²) in [6.45, 7) is 6.20. The quantitative estimate of drug-likeness (QED) is 0.899. The monoisotopic (exact) mass is 283 g/mol. The van der Waals surface area contributed by atoms with Crippen LogP contribution in [0.3, 0.4) is 0 Å². The highest BCUT2D eigenvalue weighted by Gasteiger charge is 2.12. The van der Waals surface area contributed by atoms with Crippen molar-refractivity contribution in [3.05, 3.63) is 48.2 Å². The minimum atomic E-state index is 0.207. The number of aromatic nitrogens is 2. The molecular weight excluding hydrogens is 262 g/mol. The van der Waals surface area contributed by atoms with Gasteiger partial charge in [0.05, 0.1) is 11.9 Å². The van der Waals surface area contributed by atoms with Gasteiger partial charge in [-0.3, -0.25) is 0 Å². The first-order chi connectivity index (χ1) is 10.3. The first kappa shape index (κ1) is 13.8. The van der Waals surface area contributed by atoms with Crippen molar-refractivity contribution in [2.24, 2.45) is 0 Å². The molecule has 0 spiro atoms. The molecule has 1 aliphatic rings. The van der Waals surface area contributed by atoms with Crippen LogP contribution in [0.4, 0.5) is 11.5 Å². The summed E-state index contributed by atoms with van der Waals surface area (Å²) in [5, 5.41) is 15.1. The van der Waals surface area contributed by atoms with Crippen LogP contribution in [0.2, 0.25) is 0 Å². The van der Waals surface area contributed by atoms with E-state index in [-0.39, 0.29) is 6.04 Å². The molecule has 3 rings (SSSR count). The highest BCUT2D eigenvalue weighted by atomic mass is 15.2. The van der Waals surface area contributed by atoms with Gasteiger partial charge in [-0.15, -0.1) is 5.10 Å². The Balaban J connectivity index is 1.71. The Morgan fingerprint density at radius 3 is 2.71 bits per heavy atom. The predicted octanol–water partition coefficient (Wildman–Crippen LogP) is 2.06. The fourth-order valence-corrected chi connectivity index (χ4v) is 2.57. The smallest absolute Gasteiger partial charge is 0.151 e. The minimum Gasteiger partial charge on any atom is -0.368 e. The van der Waals surface area contributed by atoms with E-state index in [0.29, 0.717) is 0 Å². The number of anilines is 2. The van der Waals surface area contributed by atoms with E-state index in [0.717, 1.165) is 37.7 Å². The zero-order valence-electron chi connectivity index (χ0n) is 12.3. The second-order valence-corrected chi connectivity index (χ2v) is 5.31. The molecule has 2 aromatic rings. The Morgan fingerprint density at radius 2 is 1.95 bits per heavy atom. The zero-order chi connectivity index (χ0) is 14.5. The van der Waals surface area contributed by atoms with Gasteiger partial charge < -0.3 is 15.5 Å². The molecule has 0 saturated carbocycles. The maximum atomic E-state index is 4.20. The van der Waals surface area contributed by atoms with Gasteiger partial charge in [-0.2, -0.15) is 5.10 Å². The van der Waals surface area contributed by atoms with Crippen molar-refractivity contribution in [3.8, 4) is 0 Å². The van der Waals surface area contributed by atoms with Crippen LogP contribution in [0.15, 0.2) is 42.6 Å². The molecule has 21 heavy (non-hydrogen) atoms. The highest BCUT2D eigenvalue weighted by Crippen LogP contribution is 2.21. The van der Waals surface area contributed by atoms with Crippen molar-refractivity contribution in [1.82, 2.24) is 15.5 Å². The van der Waals surface area contributed by atoms with Gasteiger partial charge in [-0.1, -0.05) is 30.3 Å². The van der Waals surface area contributed by atoms with E-state index in [1.807, 2.05) is 12.3 Å². The summed E-state index contributed by atoms with van der Waals surface area (Å²) in [6.07, 6.45) is 1.84. The second-order valence-electron chi connectivity index (χ2n) is 5.31. The predicted molar refractivity (Wildman–Crippen MR) is 85.6 cm³/mol. The molecule has 1 atom stereocenters. The van der Waals surface area contributed by atoms with Gasteiger partial charge in [0, 0.05) is 38.3 Å². The lowest BCUT2D eigenvalue weighted by atomic mass is 10.1. The van der Waals surface area contributed by atoms with Crippen LogP contribution in [0.5, 0.6) is 0 Å². The van der Waals surface area contributed by atoms with Crippen molar-refractivity contribution < 1.29 is 0 Å². The van der Waals surface area contributed by atoms with Crippen molar-refractivity contribution in [3.63, 3.8) is 0 Å². The van der Waals surface area contributed by atoms with Crippen LogP contribution in [0, 0.1) is 0 Å². The fraction of sp³-hybridized carbons (Fsp3) is 0.375. The highest BCUT2D eigenvalue weighted by molar-refractivity contribution is 5.53. The maximum Gasteiger partial charge on any atom is 0.151 e. The van der Waals surface area contributed by atoms with E-state index in [9.17, 15) is 0 Å². The van der Waals surface area contributed by atoms with Crippen molar-refractivity contribution >= 4 is 11.5 Å². The third-order valence-corrected chi connectivity index (χ3v) is 3.79. The minimum absolute atomic E-state index is 0.207. The van der Waals surface area contributed by atoms with Gasteiger partial charge in [0.15, 0.2) is 5.82 Å². The Hall–Kier alpha value is -2.14. The molecule has 5 nitrogen and oxygen atoms in total. The lowest BCUT2D eigenvalue weighted by Gasteiger charge is -2.29. The number of hydrogen-bond donors (Lipinski definition) is 2. The molecule has 1 saturated heterocycles. The van der Waals surface area contributed by atoms with E-state index >= 15 is 0 Å². The standard InChI is InChI=1S/C16H21N5/c1-13(14-5-3-2-4-6-14)19-16-11-15(12-18-20-16)21-9-7-17-8-10-21/h2-6,11-13,17H,7-10H2,1H3,(H,19,20)/t13-/m1/s1. The number of rotatable bonds is 4. The van der Waals surface area contributed by atoms with Crippen molar-refractivity contribution in [2.45, 2.75) is 13.0 Å². The second kappa shape index (κ2) is 6.54. The number of benzene rings is 1. The van der Waals surface area contributed by atoms with Gasteiger partial charge in [0.2, 0.25) is 0 Å². The van der Waals surface area contributed by atoms with E-state index in [1.165, 1.54) is 5.56 Å². The molecule has 2 N–H and O–H groups in total. The molecule has 1 fully saturated rings. The third-order valence-electron chi connectivity index (χ3n) is 3.79. The van der Waals surface area contributed by atoms with Crippen molar-refractivity contribution in [1.29, 1.82) is 0 Å². The Bertz CT molecular complexity index is 566. The molecule has 0 aliphatic carbocycles. The molecule has 0 unspecified atom stereocenters. The normalized spacial score (nSPS) is 16.5. The zero-order valence-corrected chi connectivity index (χ0v) is 12.3. The van der Waals surface area contributed by atoms with Crippen LogP contribution in [0.1, 0.15) is 18.5 Å². The lowest BCUT2D eigenvalue weighted by Crippen LogP contribution is -2.43. The maximum absolute atomic E-state index is 4.20. The van der Waals surface area contributed by atoms with Crippen LogP contribution >= 0.6 is 0 Å².